The molecule has 4 aliphatic rings. The molecule has 42 heavy (non-hydrogen) atoms. The Morgan fingerprint density at radius 3 is 2.69 bits per heavy atom. The minimum absolute atomic E-state index is 0.0314. The second-order valence-corrected chi connectivity index (χ2v) is 12.9. The van der Waals surface area contributed by atoms with Crippen molar-refractivity contribution >= 4 is 11.9 Å². The number of fused-ring (bicyclic) bond motifs is 1. The maximum Gasteiger partial charge on any atom is 0.324 e. The van der Waals surface area contributed by atoms with E-state index in [1.807, 2.05) is 0 Å². The Kier molecular flexibility index (Phi) is 7.35. The summed E-state index contributed by atoms with van der Waals surface area (Å²) in [6.45, 7) is 8.37. The summed E-state index contributed by atoms with van der Waals surface area (Å²) in [7, 11) is 0. The van der Waals surface area contributed by atoms with E-state index in [9.17, 15) is 9.18 Å². The van der Waals surface area contributed by atoms with Crippen molar-refractivity contribution < 1.29 is 18.4 Å². The fourth-order valence-corrected chi connectivity index (χ4v) is 6.69. The molecule has 2 aromatic heterocycles. The molecule has 1 aromatic carbocycles. The first-order valence-electron chi connectivity index (χ1n) is 15.6. The van der Waals surface area contributed by atoms with Gasteiger partial charge in [-0.25, -0.2) is 4.39 Å². The SMILES string of the molecule is CC(C)c1noc(N2CCC([C@H]3C[C@H]3CCOc3ccc(CC(=O)N4CCn5c(nnc5C5CC5)C4)c(F)c3)CC2)n1. The summed E-state index contributed by atoms with van der Waals surface area (Å²) in [5, 5.41) is 12.7. The third kappa shape index (κ3) is 5.74. The number of nitrogens with zero attached hydrogens (tertiary/aromatic N) is 7. The normalized spacial score (nSPS) is 22.5. The van der Waals surface area contributed by atoms with Crippen LogP contribution >= 0.6 is 0 Å². The lowest BCUT2D eigenvalue weighted by Gasteiger charge is -2.30. The first-order chi connectivity index (χ1) is 20.4. The highest BCUT2D eigenvalue weighted by molar-refractivity contribution is 5.79. The Labute approximate surface area is 245 Å². The Hall–Kier alpha value is -3.50. The Balaban J connectivity index is 0.835. The van der Waals surface area contributed by atoms with Gasteiger partial charge in [0.05, 0.1) is 19.6 Å². The minimum Gasteiger partial charge on any atom is -0.493 e. The third-order valence-corrected chi connectivity index (χ3v) is 9.54. The van der Waals surface area contributed by atoms with E-state index >= 15 is 0 Å². The number of hydrogen-bond acceptors (Lipinski definition) is 8. The van der Waals surface area contributed by atoms with E-state index in [1.54, 1.807) is 17.0 Å². The van der Waals surface area contributed by atoms with Gasteiger partial charge in [0.1, 0.15) is 17.4 Å². The highest BCUT2D eigenvalue weighted by Gasteiger charge is 2.43. The van der Waals surface area contributed by atoms with E-state index in [-0.39, 0.29) is 18.2 Å². The summed E-state index contributed by atoms with van der Waals surface area (Å²) in [6, 6.07) is 5.53. The summed E-state index contributed by atoms with van der Waals surface area (Å²) < 4.78 is 28.5. The smallest absolute Gasteiger partial charge is 0.324 e. The van der Waals surface area contributed by atoms with Gasteiger partial charge in [-0.2, -0.15) is 4.98 Å². The van der Waals surface area contributed by atoms with Gasteiger partial charge in [-0.3, -0.25) is 4.79 Å². The maximum atomic E-state index is 14.9. The monoisotopic (exact) mass is 577 g/mol. The molecule has 0 spiro atoms. The number of rotatable bonds is 10. The number of amides is 1. The molecule has 3 fully saturated rings. The second kappa shape index (κ2) is 11.3. The number of carbonyl (C=O) groups excluding carboxylic acids is 1. The standard InChI is InChI=1S/C31H40FN7O3/c1-19(2)29-33-31(42-36-29)37-10-7-20(8-11-37)25-15-22(25)9-14-41-24-6-5-23(26(32)17-24)16-28(40)38-12-13-39-27(18-38)34-35-30(39)21-3-4-21/h5-6,17,19-22,25H,3-4,7-16,18H2,1-2H3/t22-,25-/m1/s1. The molecule has 2 atom stereocenters. The molecule has 3 aromatic rings. The van der Waals surface area contributed by atoms with Gasteiger partial charge < -0.3 is 23.6 Å². The van der Waals surface area contributed by atoms with Crippen molar-refractivity contribution in [2.75, 3.05) is 31.1 Å². The first-order valence-corrected chi connectivity index (χ1v) is 15.6. The van der Waals surface area contributed by atoms with Crippen LogP contribution in [0.4, 0.5) is 10.4 Å². The van der Waals surface area contributed by atoms with Crippen LogP contribution in [0.25, 0.3) is 0 Å². The Morgan fingerprint density at radius 2 is 1.95 bits per heavy atom. The van der Waals surface area contributed by atoms with Crippen molar-refractivity contribution in [2.45, 2.75) is 83.7 Å². The summed E-state index contributed by atoms with van der Waals surface area (Å²) in [4.78, 5) is 21.5. The number of anilines is 1. The molecule has 0 unspecified atom stereocenters. The predicted molar refractivity (Wildman–Crippen MR) is 153 cm³/mol. The van der Waals surface area contributed by atoms with E-state index in [0.717, 1.165) is 61.7 Å². The van der Waals surface area contributed by atoms with Crippen LogP contribution in [0.1, 0.15) is 87.2 Å². The number of benzene rings is 1. The highest BCUT2D eigenvalue weighted by Crippen LogP contribution is 2.50. The van der Waals surface area contributed by atoms with Crippen molar-refractivity contribution in [1.82, 2.24) is 29.8 Å². The first kappa shape index (κ1) is 27.3. The van der Waals surface area contributed by atoms with Crippen molar-refractivity contribution in [3.05, 3.63) is 47.1 Å². The molecule has 0 radical (unpaired) electrons. The zero-order chi connectivity index (χ0) is 28.8. The fourth-order valence-electron chi connectivity index (χ4n) is 6.69. The Morgan fingerprint density at radius 1 is 1.12 bits per heavy atom. The van der Waals surface area contributed by atoms with Crippen LogP contribution in [0, 0.1) is 23.6 Å². The maximum absolute atomic E-state index is 14.9. The van der Waals surface area contributed by atoms with Crippen molar-refractivity contribution in [1.29, 1.82) is 0 Å². The molecule has 10 nitrogen and oxygen atoms in total. The van der Waals surface area contributed by atoms with Gasteiger partial charge in [-0.15, -0.1) is 10.2 Å². The number of piperidine rings is 1. The van der Waals surface area contributed by atoms with E-state index in [4.69, 9.17) is 9.26 Å². The average Bonchev–Trinajstić information content (AvgIpc) is 3.89. The lowest BCUT2D eigenvalue weighted by Crippen LogP contribution is -2.39. The molecular weight excluding hydrogens is 537 g/mol. The number of aromatic nitrogens is 5. The van der Waals surface area contributed by atoms with Gasteiger partial charge in [0.2, 0.25) is 5.91 Å². The third-order valence-electron chi connectivity index (χ3n) is 9.54. The van der Waals surface area contributed by atoms with Gasteiger partial charge in [-0.1, -0.05) is 25.1 Å². The van der Waals surface area contributed by atoms with Crippen LogP contribution in [0.2, 0.25) is 0 Å². The largest absolute Gasteiger partial charge is 0.493 e. The molecule has 224 valence electrons. The molecule has 11 heteroatoms. The second-order valence-electron chi connectivity index (χ2n) is 12.9. The molecule has 2 saturated carbocycles. The van der Waals surface area contributed by atoms with E-state index < -0.39 is 5.82 Å². The van der Waals surface area contributed by atoms with Crippen LogP contribution < -0.4 is 9.64 Å². The van der Waals surface area contributed by atoms with Gasteiger partial charge in [-0.05, 0) is 67.9 Å². The molecule has 1 saturated heterocycles. The van der Waals surface area contributed by atoms with Gasteiger partial charge in [0.25, 0.3) is 0 Å². The minimum atomic E-state index is -0.394. The summed E-state index contributed by atoms with van der Waals surface area (Å²) >= 11 is 0. The van der Waals surface area contributed by atoms with Gasteiger partial charge >= 0.3 is 6.01 Å². The fraction of sp³-hybridized carbons (Fsp3) is 0.645. The average molecular weight is 578 g/mol. The summed E-state index contributed by atoms with van der Waals surface area (Å²) in [6.07, 6.45) is 6.89. The van der Waals surface area contributed by atoms with Gasteiger partial charge in [0, 0.05) is 44.1 Å². The van der Waals surface area contributed by atoms with Crippen LogP contribution in [0.15, 0.2) is 22.7 Å². The molecule has 2 aliphatic carbocycles. The van der Waals surface area contributed by atoms with Crippen molar-refractivity contribution in [3.63, 3.8) is 0 Å². The summed E-state index contributed by atoms with van der Waals surface area (Å²) in [5.74, 6) is 5.63. The quantitative estimate of drug-likeness (QED) is 0.342. The van der Waals surface area contributed by atoms with Crippen LogP contribution in [-0.2, 0) is 24.3 Å². The molecule has 4 heterocycles. The molecule has 7 rings (SSSR count). The number of hydrogen-bond donors (Lipinski definition) is 0. The number of halogens is 1. The van der Waals surface area contributed by atoms with Crippen LogP contribution in [-0.4, -0.2) is 62.0 Å². The Bertz CT molecular complexity index is 1430. The van der Waals surface area contributed by atoms with Crippen molar-refractivity contribution in [2.24, 2.45) is 17.8 Å². The molecule has 2 aliphatic heterocycles. The lowest BCUT2D eigenvalue weighted by molar-refractivity contribution is -0.132. The number of carbonyl (C=O) groups is 1. The molecule has 1 amide bonds. The summed E-state index contributed by atoms with van der Waals surface area (Å²) in [5.41, 5.74) is 0.396. The predicted octanol–water partition coefficient (Wildman–Crippen LogP) is 4.71. The lowest BCUT2D eigenvalue weighted by atomic mass is 9.90. The zero-order valence-corrected chi connectivity index (χ0v) is 24.5. The van der Waals surface area contributed by atoms with Crippen LogP contribution in [0.3, 0.4) is 0 Å². The molecule has 0 bridgehead atoms. The topological polar surface area (TPSA) is 102 Å². The van der Waals surface area contributed by atoms with E-state index in [2.05, 4.69) is 43.7 Å². The molecular formula is C31H40FN7O3. The highest BCUT2D eigenvalue weighted by atomic mass is 19.1. The van der Waals surface area contributed by atoms with Gasteiger partial charge in [0.15, 0.2) is 11.6 Å². The van der Waals surface area contributed by atoms with E-state index in [0.29, 0.717) is 55.4 Å². The van der Waals surface area contributed by atoms with Crippen molar-refractivity contribution in [3.8, 4) is 5.75 Å². The zero-order valence-electron chi connectivity index (χ0n) is 24.5. The van der Waals surface area contributed by atoms with E-state index in [1.165, 1.54) is 25.3 Å². The molecule has 0 N–H and O–H groups in total. The number of ether oxygens (including phenoxy) is 1. The van der Waals surface area contributed by atoms with Crippen LogP contribution in [0.5, 0.6) is 5.75 Å².